The molecule has 0 radical (unpaired) electrons. The molecule has 0 saturated heterocycles. The van der Waals surface area contributed by atoms with Gasteiger partial charge >= 0.3 is 0 Å². The Labute approximate surface area is 150 Å². The molecule has 3 aromatic rings. The quantitative estimate of drug-likeness (QED) is 0.758. The third-order valence-corrected chi connectivity index (χ3v) is 4.10. The van der Waals surface area contributed by atoms with Gasteiger partial charge in [-0.25, -0.2) is 9.98 Å². The van der Waals surface area contributed by atoms with Crippen LogP contribution in [0.5, 0.6) is 0 Å². The van der Waals surface area contributed by atoms with Crippen molar-refractivity contribution in [2.75, 3.05) is 5.32 Å². The van der Waals surface area contributed by atoms with E-state index in [2.05, 4.69) is 25.6 Å². The lowest BCUT2D eigenvalue weighted by atomic mass is 10.2. The van der Waals surface area contributed by atoms with E-state index in [1.807, 2.05) is 42.5 Å². The lowest BCUT2D eigenvalue weighted by Crippen LogP contribution is -2.48. The highest BCUT2D eigenvalue weighted by atomic mass is 16.1. The van der Waals surface area contributed by atoms with E-state index in [0.29, 0.717) is 24.1 Å². The number of nitrogens with one attached hydrogen (secondary N) is 2. The Kier molecular flexibility index (Phi) is 4.18. The Morgan fingerprint density at radius 2 is 2.04 bits per heavy atom. The summed E-state index contributed by atoms with van der Waals surface area (Å²) in [5, 5.41) is 6.40. The Morgan fingerprint density at radius 1 is 1.19 bits per heavy atom. The molecule has 0 unspecified atom stereocenters. The van der Waals surface area contributed by atoms with Crippen molar-refractivity contribution in [1.29, 1.82) is 0 Å². The van der Waals surface area contributed by atoms with Gasteiger partial charge in [0.15, 0.2) is 5.96 Å². The summed E-state index contributed by atoms with van der Waals surface area (Å²) in [6.45, 7) is 2.32. The van der Waals surface area contributed by atoms with Crippen molar-refractivity contribution in [2.24, 2.45) is 4.99 Å². The molecule has 130 valence electrons. The summed E-state index contributed by atoms with van der Waals surface area (Å²) in [7, 11) is 0. The predicted molar refractivity (Wildman–Crippen MR) is 99.9 cm³/mol. The van der Waals surface area contributed by atoms with Crippen LogP contribution in [0.25, 0.3) is 0 Å². The molecule has 0 amide bonds. The van der Waals surface area contributed by atoms with Gasteiger partial charge in [0.05, 0.1) is 6.54 Å². The first-order chi connectivity index (χ1) is 12.7. The molecule has 4 rings (SSSR count). The van der Waals surface area contributed by atoms with E-state index in [4.69, 9.17) is 0 Å². The Bertz CT molecular complexity index is 998. The second-order valence-electron chi connectivity index (χ2n) is 6.04. The number of aliphatic imine (C=N–C) groups is 1. The second kappa shape index (κ2) is 6.79. The molecule has 0 fully saturated rings. The molecular formula is C19H18N6O. The molecule has 1 aliphatic rings. The van der Waals surface area contributed by atoms with Crippen molar-refractivity contribution in [3.05, 3.63) is 88.1 Å². The fourth-order valence-electron chi connectivity index (χ4n) is 2.89. The topological polar surface area (TPSA) is 84.2 Å². The van der Waals surface area contributed by atoms with Crippen LogP contribution in [0.15, 0.2) is 70.7 Å². The first-order valence-electron chi connectivity index (χ1n) is 8.33. The number of pyridine rings is 1. The number of guanidine groups is 1. The average molecular weight is 346 g/mol. The second-order valence-corrected chi connectivity index (χ2v) is 6.04. The molecule has 1 atom stereocenters. The Morgan fingerprint density at radius 3 is 2.81 bits per heavy atom. The molecule has 3 heterocycles. The fourth-order valence-corrected chi connectivity index (χ4v) is 2.89. The van der Waals surface area contributed by atoms with Crippen LogP contribution in [-0.2, 0) is 6.54 Å². The van der Waals surface area contributed by atoms with Crippen molar-refractivity contribution in [1.82, 2.24) is 19.9 Å². The van der Waals surface area contributed by atoms with Gasteiger partial charge in [0.25, 0.3) is 5.56 Å². The summed E-state index contributed by atoms with van der Waals surface area (Å²) in [6.07, 6.45) is 3.01. The molecule has 0 saturated carbocycles. The third-order valence-electron chi connectivity index (χ3n) is 4.10. The van der Waals surface area contributed by atoms with E-state index in [1.54, 1.807) is 23.9 Å². The largest absolute Gasteiger partial charge is 0.331 e. The van der Waals surface area contributed by atoms with Crippen LogP contribution in [0.1, 0.15) is 23.0 Å². The van der Waals surface area contributed by atoms with Crippen molar-refractivity contribution < 1.29 is 0 Å². The van der Waals surface area contributed by atoms with Crippen LogP contribution < -0.4 is 16.2 Å². The maximum atomic E-state index is 12.5. The van der Waals surface area contributed by atoms with Crippen LogP contribution in [0.2, 0.25) is 0 Å². The predicted octanol–water partition coefficient (Wildman–Crippen LogP) is 2.06. The number of fused-ring (bicyclic) bond motifs is 1. The van der Waals surface area contributed by atoms with Crippen LogP contribution in [0.4, 0.5) is 5.95 Å². The van der Waals surface area contributed by atoms with Gasteiger partial charge in [0, 0.05) is 29.7 Å². The summed E-state index contributed by atoms with van der Waals surface area (Å²) in [5.74, 6) is 1.04. The lowest BCUT2D eigenvalue weighted by Gasteiger charge is -2.30. The van der Waals surface area contributed by atoms with Crippen molar-refractivity contribution >= 4 is 11.9 Å². The smallest absolute Gasteiger partial charge is 0.257 e. The number of rotatable bonds is 3. The summed E-state index contributed by atoms with van der Waals surface area (Å²) in [5.41, 5.74) is 2.48. The van der Waals surface area contributed by atoms with Crippen molar-refractivity contribution in [3.8, 4) is 0 Å². The third kappa shape index (κ3) is 3.19. The van der Waals surface area contributed by atoms with Crippen LogP contribution in [-0.4, -0.2) is 20.5 Å². The van der Waals surface area contributed by atoms with Gasteiger partial charge in [-0.05, 0) is 18.6 Å². The van der Waals surface area contributed by atoms with E-state index in [-0.39, 0.29) is 5.56 Å². The van der Waals surface area contributed by atoms with Crippen molar-refractivity contribution in [2.45, 2.75) is 19.6 Å². The number of aromatic nitrogens is 3. The lowest BCUT2D eigenvalue weighted by molar-refractivity contribution is 0.513. The van der Waals surface area contributed by atoms with Crippen LogP contribution >= 0.6 is 0 Å². The molecule has 1 aromatic carbocycles. The summed E-state index contributed by atoms with van der Waals surface area (Å²) < 4.78 is 1.57. The zero-order chi connectivity index (χ0) is 17.9. The standard InChI is InChI=1S/C19H18N6O/c1-13-10-16(26)25-17(15-8-5-9-20-12-15)23-18(24-19(25)22-13)21-11-14-6-3-2-4-7-14/h2-10,12,17H,11H2,1H3,(H2,21,22,23,24)/t17-/m0/s1. The zero-order valence-corrected chi connectivity index (χ0v) is 14.3. The number of hydrogen-bond donors (Lipinski definition) is 2. The molecule has 0 spiro atoms. The number of aryl methyl sites for hydroxylation is 1. The highest BCUT2D eigenvalue weighted by Crippen LogP contribution is 2.20. The maximum Gasteiger partial charge on any atom is 0.257 e. The maximum absolute atomic E-state index is 12.5. The Balaban J connectivity index is 1.73. The highest BCUT2D eigenvalue weighted by molar-refractivity contribution is 5.93. The zero-order valence-electron chi connectivity index (χ0n) is 14.3. The molecule has 0 aliphatic carbocycles. The summed E-state index contributed by atoms with van der Waals surface area (Å²) in [6, 6.07) is 15.3. The van der Waals surface area contributed by atoms with Gasteiger partial charge in [-0.2, -0.15) is 0 Å². The molecular weight excluding hydrogens is 328 g/mol. The van der Waals surface area contributed by atoms with Gasteiger partial charge in [0.2, 0.25) is 5.95 Å². The highest BCUT2D eigenvalue weighted by Gasteiger charge is 2.26. The minimum atomic E-state index is -0.421. The normalized spacial score (nSPS) is 17.3. The van der Waals surface area contributed by atoms with Gasteiger partial charge < -0.3 is 5.32 Å². The number of anilines is 1. The first kappa shape index (κ1) is 16.0. The molecule has 26 heavy (non-hydrogen) atoms. The summed E-state index contributed by atoms with van der Waals surface area (Å²) in [4.78, 5) is 25.8. The number of benzene rings is 1. The van der Waals surface area contributed by atoms with E-state index >= 15 is 0 Å². The van der Waals surface area contributed by atoms with Gasteiger partial charge in [0.1, 0.15) is 6.17 Å². The SMILES string of the molecule is Cc1cc(=O)n2c(n1)NC(=NCc1ccccc1)N[C@@H]2c1cccnc1. The number of hydrogen-bond acceptors (Lipinski definition) is 4. The van der Waals surface area contributed by atoms with E-state index < -0.39 is 6.17 Å². The van der Waals surface area contributed by atoms with E-state index in [9.17, 15) is 4.79 Å². The van der Waals surface area contributed by atoms with Crippen LogP contribution in [0, 0.1) is 6.92 Å². The molecule has 2 N–H and O–H groups in total. The molecule has 7 heteroatoms. The first-order valence-corrected chi connectivity index (χ1v) is 8.33. The van der Waals surface area contributed by atoms with E-state index in [1.165, 1.54) is 6.07 Å². The summed E-state index contributed by atoms with van der Waals surface area (Å²) >= 11 is 0. The molecule has 2 aromatic heterocycles. The molecule has 1 aliphatic heterocycles. The Hall–Kier alpha value is -3.48. The average Bonchev–Trinajstić information content (AvgIpc) is 2.67. The van der Waals surface area contributed by atoms with Gasteiger partial charge in [-0.1, -0.05) is 36.4 Å². The molecule has 7 nitrogen and oxygen atoms in total. The fraction of sp³-hybridized carbons (Fsp3) is 0.158. The minimum absolute atomic E-state index is 0.136. The number of nitrogens with zero attached hydrogens (tertiary/aromatic N) is 4. The molecule has 0 bridgehead atoms. The van der Waals surface area contributed by atoms with Crippen molar-refractivity contribution in [3.63, 3.8) is 0 Å². The van der Waals surface area contributed by atoms with Gasteiger partial charge in [-0.3, -0.25) is 19.7 Å². The monoisotopic (exact) mass is 346 g/mol. The van der Waals surface area contributed by atoms with Crippen LogP contribution in [0.3, 0.4) is 0 Å². The van der Waals surface area contributed by atoms with Gasteiger partial charge in [-0.15, -0.1) is 0 Å². The van der Waals surface area contributed by atoms with E-state index in [0.717, 1.165) is 11.1 Å². The minimum Gasteiger partial charge on any atom is -0.331 e.